The summed E-state index contributed by atoms with van der Waals surface area (Å²) in [5.74, 6) is -0.632. The van der Waals surface area contributed by atoms with Crippen LogP contribution >= 0.6 is 0 Å². The molecule has 3 aromatic rings. The van der Waals surface area contributed by atoms with Crippen LogP contribution in [-0.2, 0) is 12.6 Å². The second-order valence-electron chi connectivity index (χ2n) is 7.06. The van der Waals surface area contributed by atoms with Gasteiger partial charge in [-0.15, -0.1) is 0 Å². The van der Waals surface area contributed by atoms with Crippen LogP contribution in [-0.4, -0.2) is 10.0 Å². The number of alkyl halides is 3. The molecular weight excluding hydrogens is 407 g/mol. The Bertz CT molecular complexity index is 1030. The van der Waals surface area contributed by atoms with Gasteiger partial charge in [-0.3, -0.25) is 10.1 Å². The van der Waals surface area contributed by atoms with Gasteiger partial charge in [-0.1, -0.05) is 54.6 Å². The zero-order valence-electron chi connectivity index (χ0n) is 16.4. The fourth-order valence-corrected chi connectivity index (χ4v) is 3.26. The highest BCUT2D eigenvalue weighted by atomic mass is 19.4. The lowest BCUT2D eigenvalue weighted by Gasteiger charge is -2.21. The molecule has 0 aromatic heterocycles. The van der Waals surface area contributed by atoms with Crippen molar-refractivity contribution in [1.29, 1.82) is 0 Å². The van der Waals surface area contributed by atoms with Crippen LogP contribution in [0.1, 0.15) is 34.3 Å². The number of hydrogen-bond acceptors (Lipinski definition) is 3. The van der Waals surface area contributed by atoms with Crippen LogP contribution in [0.3, 0.4) is 0 Å². The second kappa shape index (κ2) is 9.57. The largest absolute Gasteiger partial charge is 0.416 e. The summed E-state index contributed by atoms with van der Waals surface area (Å²) in [6.07, 6.45) is -1.35. The maximum absolute atomic E-state index is 12.9. The van der Waals surface area contributed by atoms with Crippen LogP contribution in [0.15, 0.2) is 91.0 Å². The van der Waals surface area contributed by atoms with E-state index in [1.54, 1.807) is 6.08 Å². The van der Waals surface area contributed by atoms with Gasteiger partial charge < -0.3 is 5.11 Å². The van der Waals surface area contributed by atoms with E-state index < -0.39 is 28.7 Å². The Kier molecular flexibility index (Phi) is 6.87. The van der Waals surface area contributed by atoms with E-state index in [9.17, 15) is 28.4 Å². The zero-order valence-corrected chi connectivity index (χ0v) is 16.4. The molecule has 0 aliphatic rings. The van der Waals surface area contributed by atoms with Crippen LogP contribution in [0.25, 0.3) is 0 Å². The molecular formula is C24H20F3NO3. The molecule has 0 fully saturated rings. The number of non-ortho nitro benzene ring substituents is 1. The molecule has 31 heavy (non-hydrogen) atoms. The van der Waals surface area contributed by atoms with Crippen molar-refractivity contribution in [2.45, 2.75) is 24.6 Å². The van der Waals surface area contributed by atoms with Crippen molar-refractivity contribution in [3.8, 4) is 0 Å². The number of aliphatic hydroxyl groups is 1. The van der Waals surface area contributed by atoms with E-state index in [4.69, 9.17) is 0 Å². The quantitative estimate of drug-likeness (QED) is 0.276. The fourth-order valence-electron chi connectivity index (χ4n) is 3.26. The zero-order chi connectivity index (χ0) is 22.4. The number of nitro groups is 1. The molecule has 7 heteroatoms. The van der Waals surface area contributed by atoms with Gasteiger partial charge in [-0.05, 0) is 47.4 Å². The highest BCUT2D eigenvalue weighted by molar-refractivity contribution is 5.37. The van der Waals surface area contributed by atoms with Crippen molar-refractivity contribution in [2.24, 2.45) is 0 Å². The van der Waals surface area contributed by atoms with Crippen LogP contribution in [0.4, 0.5) is 18.9 Å². The number of nitrogens with zero attached hydrogens (tertiary/aromatic N) is 1. The van der Waals surface area contributed by atoms with E-state index in [0.29, 0.717) is 17.5 Å². The van der Waals surface area contributed by atoms with Crippen LogP contribution in [0.2, 0.25) is 0 Å². The molecule has 0 aliphatic carbocycles. The summed E-state index contributed by atoms with van der Waals surface area (Å²) in [5, 5.41) is 21.8. The molecule has 1 N–H and O–H groups in total. The van der Waals surface area contributed by atoms with Crippen molar-refractivity contribution in [2.75, 3.05) is 0 Å². The van der Waals surface area contributed by atoms with Gasteiger partial charge in [0.15, 0.2) is 0 Å². The molecule has 0 radical (unpaired) electrons. The number of halogens is 3. The Labute approximate surface area is 177 Å². The molecule has 3 rings (SSSR count). The minimum atomic E-state index is -4.45. The average Bonchev–Trinajstić information content (AvgIpc) is 2.76. The van der Waals surface area contributed by atoms with Gasteiger partial charge in [0.25, 0.3) is 5.69 Å². The summed E-state index contributed by atoms with van der Waals surface area (Å²) in [6, 6.07) is 19.7. The fraction of sp³-hybridized carbons (Fsp3) is 0.167. The predicted molar refractivity (Wildman–Crippen MR) is 112 cm³/mol. The van der Waals surface area contributed by atoms with Crippen molar-refractivity contribution < 1.29 is 23.2 Å². The Morgan fingerprint density at radius 2 is 1.48 bits per heavy atom. The van der Waals surface area contributed by atoms with E-state index in [1.807, 2.05) is 36.4 Å². The Balaban J connectivity index is 1.90. The van der Waals surface area contributed by atoms with Gasteiger partial charge >= 0.3 is 6.18 Å². The summed E-state index contributed by atoms with van der Waals surface area (Å²) < 4.78 is 38.8. The first-order valence-electron chi connectivity index (χ1n) is 9.56. The van der Waals surface area contributed by atoms with E-state index in [0.717, 1.165) is 17.7 Å². The molecule has 4 nitrogen and oxygen atoms in total. The standard InChI is InChI=1S/C24H20F3NO3/c25-24(26,27)20-13-9-18(10-14-20)22(8-4-7-17-5-2-1-3-6-17)23(29)19-11-15-21(16-12-19)28(30)31/h1-6,8-16,22-23,29H,7H2/b8-4-. The van der Waals surface area contributed by atoms with Crippen LogP contribution in [0.5, 0.6) is 0 Å². The lowest BCUT2D eigenvalue weighted by molar-refractivity contribution is -0.384. The Hall–Kier alpha value is -3.45. The lowest BCUT2D eigenvalue weighted by Crippen LogP contribution is -2.10. The molecule has 0 saturated carbocycles. The molecule has 2 atom stereocenters. The lowest BCUT2D eigenvalue weighted by atomic mass is 9.88. The van der Waals surface area contributed by atoms with Crippen molar-refractivity contribution in [3.05, 3.63) is 123 Å². The average molecular weight is 427 g/mol. The first-order chi connectivity index (χ1) is 14.8. The van der Waals surface area contributed by atoms with E-state index in [2.05, 4.69) is 0 Å². The Morgan fingerprint density at radius 3 is 2.03 bits per heavy atom. The summed E-state index contributed by atoms with van der Waals surface area (Å²) in [7, 11) is 0. The molecule has 3 aromatic carbocycles. The minimum Gasteiger partial charge on any atom is -0.387 e. The molecule has 0 aliphatic heterocycles. The maximum Gasteiger partial charge on any atom is 0.416 e. The second-order valence-corrected chi connectivity index (χ2v) is 7.06. The van der Waals surface area contributed by atoms with E-state index in [-0.39, 0.29) is 5.69 Å². The molecule has 0 bridgehead atoms. The third-order valence-electron chi connectivity index (χ3n) is 4.95. The maximum atomic E-state index is 12.9. The van der Waals surface area contributed by atoms with Gasteiger partial charge in [0.05, 0.1) is 16.6 Å². The first kappa shape index (κ1) is 22.2. The van der Waals surface area contributed by atoms with E-state index in [1.165, 1.54) is 36.4 Å². The van der Waals surface area contributed by atoms with Crippen molar-refractivity contribution in [1.82, 2.24) is 0 Å². The number of aliphatic hydroxyl groups excluding tert-OH is 1. The molecule has 0 spiro atoms. The molecule has 0 heterocycles. The number of nitro benzene ring substituents is 1. The molecule has 2 unspecified atom stereocenters. The minimum absolute atomic E-state index is 0.110. The van der Waals surface area contributed by atoms with Crippen LogP contribution in [0, 0.1) is 10.1 Å². The highest BCUT2D eigenvalue weighted by Crippen LogP contribution is 2.35. The van der Waals surface area contributed by atoms with Gasteiger partial charge in [0.1, 0.15) is 0 Å². The summed E-state index contributed by atoms with van der Waals surface area (Å²) in [4.78, 5) is 10.3. The van der Waals surface area contributed by atoms with Gasteiger partial charge in [0, 0.05) is 18.1 Å². The number of rotatable bonds is 7. The van der Waals surface area contributed by atoms with Crippen molar-refractivity contribution >= 4 is 5.69 Å². The summed E-state index contributed by atoms with van der Waals surface area (Å²) in [6.45, 7) is 0. The Morgan fingerprint density at radius 1 is 0.903 bits per heavy atom. The third-order valence-corrected chi connectivity index (χ3v) is 4.95. The van der Waals surface area contributed by atoms with Gasteiger partial charge in [-0.2, -0.15) is 13.2 Å². The summed E-state index contributed by atoms with van der Waals surface area (Å²) in [5.41, 5.74) is 1.10. The smallest absolute Gasteiger partial charge is 0.387 e. The number of hydrogen-bond donors (Lipinski definition) is 1. The van der Waals surface area contributed by atoms with Crippen molar-refractivity contribution in [3.63, 3.8) is 0 Å². The molecule has 0 saturated heterocycles. The molecule has 0 amide bonds. The summed E-state index contributed by atoms with van der Waals surface area (Å²) >= 11 is 0. The van der Waals surface area contributed by atoms with Gasteiger partial charge in [-0.25, -0.2) is 0 Å². The first-order valence-corrected chi connectivity index (χ1v) is 9.56. The monoisotopic (exact) mass is 427 g/mol. The topological polar surface area (TPSA) is 63.4 Å². The predicted octanol–water partition coefficient (Wildman–Crippen LogP) is 6.23. The van der Waals surface area contributed by atoms with Gasteiger partial charge in [0.2, 0.25) is 0 Å². The number of allylic oxidation sites excluding steroid dienone is 1. The highest BCUT2D eigenvalue weighted by Gasteiger charge is 2.30. The number of benzene rings is 3. The van der Waals surface area contributed by atoms with Crippen LogP contribution < -0.4 is 0 Å². The molecule has 160 valence electrons. The third kappa shape index (κ3) is 5.79. The normalized spacial score (nSPS) is 13.8. The van der Waals surface area contributed by atoms with E-state index >= 15 is 0 Å². The SMILES string of the molecule is O=[N+]([O-])c1ccc(C(O)C(/C=C\Cc2ccccc2)c2ccc(C(F)(F)F)cc2)cc1.